The first-order valence-electron chi connectivity index (χ1n) is 5.83. The zero-order chi connectivity index (χ0) is 14.8. The molecular weight excluding hydrogens is 271 g/mol. The monoisotopic (exact) mass is 285 g/mol. The summed E-state index contributed by atoms with van der Waals surface area (Å²) in [5.41, 5.74) is 8.64. The summed E-state index contributed by atoms with van der Waals surface area (Å²) >= 11 is 0. The Bertz CT molecular complexity index is 578. The smallest absolute Gasteiger partial charge is 0.384 e. The van der Waals surface area contributed by atoms with Crippen LogP contribution in [0.5, 0.6) is 0 Å². The van der Waals surface area contributed by atoms with E-state index in [4.69, 9.17) is 11.6 Å². The largest absolute Gasteiger partial charge is 0.416 e. The summed E-state index contributed by atoms with van der Waals surface area (Å²) in [5, 5.41) is 6.32. The highest BCUT2D eigenvalue weighted by Gasteiger charge is 2.30. The summed E-state index contributed by atoms with van der Waals surface area (Å²) in [6.45, 7) is 0. The average molecular weight is 285 g/mol. The Balaban J connectivity index is 2.23. The van der Waals surface area contributed by atoms with E-state index in [2.05, 4.69) is 15.6 Å². The molecule has 0 radical (unpaired) electrons. The quantitative estimate of drug-likeness (QED) is 0.508. The van der Waals surface area contributed by atoms with Crippen LogP contribution in [-0.4, -0.2) is 10.2 Å². The molecule has 1 heterocycles. The van der Waals surface area contributed by atoms with Crippen LogP contribution in [0.15, 0.2) is 30.5 Å². The summed E-state index contributed by atoms with van der Waals surface area (Å²) < 4.78 is 37.9. The first-order chi connectivity index (χ1) is 9.41. The number of halogens is 3. The lowest BCUT2D eigenvalue weighted by atomic mass is 9.99. The van der Waals surface area contributed by atoms with Gasteiger partial charge in [0.2, 0.25) is 0 Å². The second-order valence-corrected chi connectivity index (χ2v) is 4.36. The number of aromatic nitrogens is 2. The number of aromatic amines is 1. The van der Waals surface area contributed by atoms with Gasteiger partial charge in [-0.15, -0.1) is 0 Å². The van der Waals surface area contributed by atoms with Gasteiger partial charge in [-0.05, 0) is 18.1 Å². The van der Waals surface area contributed by atoms with Crippen molar-refractivity contribution >= 4 is 5.82 Å². The minimum Gasteiger partial charge on any atom is -0.384 e. The predicted octanol–water partition coefficient (Wildman–Crippen LogP) is 1.76. The number of nitrogens with zero attached hydrogens (tertiary/aromatic N) is 1. The van der Waals surface area contributed by atoms with Crippen LogP contribution in [0.25, 0.3) is 0 Å². The number of nitrogens with one attached hydrogen (secondary N) is 2. The van der Waals surface area contributed by atoms with Crippen LogP contribution in [0.3, 0.4) is 0 Å². The van der Waals surface area contributed by atoms with Gasteiger partial charge in [0.1, 0.15) is 5.82 Å². The summed E-state index contributed by atoms with van der Waals surface area (Å²) in [5.74, 6) is 5.77. The van der Waals surface area contributed by atoms with E-state index in [0.717, 1.165) is 12.1 Å². The van der Waals surface area contributed by atoms with Crippen LogP contribution in [0, 0.1) is 0 Å². The molecule has 1 atom stereocenters. The van der Waals surface area contributed by atoms with Gasteiger partial charge in [0.15, 0.2) is 0 Å². The van der Waals surface area contributed by atoms with Crippen molar-refractivity contribution in [1.29, 1.82) is 0 Å². The Morgan fingerprint density at radius 1 is 1.35 bits per heavy atom. The molecule has 0 fully saturated rings. The highest BCUT2D eigenvalue weighted by Crippen LogP contribution is 2.30. The predicted molar refractivity (Wildman–Crippen MR) is 68.2 cm³/mol. The van der Waals surface area contributed by atoms with E-state index < -0.39 is 17.8 Å². The molecule has 0 spiro atoms. The van der Waals surface area contributed by atoms with Crippen LogP contribution in [0.2, 0.25) is 0 Å². The second-order valence-electron chi connectivity index (χ2n) is 4.36. The van der Waals surface area contributed by atoms with E-state index in [9.17, 15) is 13.2 Å². The number of hydrogen-bond acceptors (Lipinski definition) is 4. The van der Waals surface area contributed by atoms with E-state index in [1.165, 1.54) is 12.3 Å². The third-order valence-corrected chi connectivity index (χ3v) is 2.97. The molecule has 0 saturated heterocycles. The van der Waals surface area contributed by atoms with Gasteiger partial charge in [0.05, 0.1) is 17.8 Å². The van der Waals surface area contributed by atoms with Crippen LogP contribution < -0.4 is 17.0 Å². The van der Waals surface area contributed by atoms with Crippen molar-refractivity contribution in [3.05, 3.63) is 47.2 Å². The lowest BCUT2D eigenvalue weighted by Crippen LogP contribution is -2.30. The molecule has 108 valence electrons. The Hall–Kier alpha value is -2.06. The first kappa shape index (κ1) is 14.4. The molecule has 5 nitrogen and oxygen atoms in total. The fourth-order valence-corrected chi connectivity index (χ4v) is 1.95. The minimum atomic E-state index is -4.36. The third-order valence-electron chi connectivity index (χ3n) is 2.97. The minimum absolute atomic E-state index is 0.268. The fraction of sp³-hybridized carbons (Fsp3) is 0.250. The number of alkyl halides is 3. The number of rotatable bonds is 4. The molecule has 0 aliphatic heterocycles. The van der Waals surface area contributed by atoms with Gasteiger partial charge in [0, 0.05) is 5.56 Å². The maximum atomic E-state index is 12.6. The van der Waals surface area contributed by atoms with Crippen molar-refractivity contribution in [2.75, 3.05) is 5.73 Å². The van der Waals surface area contributed by atoms with E-state index >= 15 is 0 Å². The molecule has 2 aromatic rings. The summed E-state index contributed by atoms with van der Waals surface area (Å²) in [4.78, 5) is 0. The maximum Gasteiger partial charge on any atom is 0.416 e. The van der Waals surface area contributed by atoms with Gasteiger partial charge in [-0.3, -0.25) is 16.4 Å². The number of hydrazine groups is 1. The summed E-state index contributed by atoms with van der Waals surface area (Å²) in [6.07, 6.45) is -2.60. The van der Waals surface area contributed by atoms with E-state index in [-0.39, 0.29) is 6.42 Å². The van der Waals surface area contributed by atoms with Crippen LogP contribution in [0.1, 0.15) is 22.7 Å². The normalized spacial score (nSPS) is 13.4. The van der Waals surface area contributed by atoms with Crippen LogP contribution >= 0.6 is 0 Å². The summed E-state index contributed by atoms with van der Waals surface area (Å²) in [7, 11) is 0. The molecule has 0 aliphatic carbocycles. The van der Waals surface area contributed by atoms with Crippen molar-refractivity contribution in [3.8, 4) is 0 Å². The van der Waals surface area contributed by atoms with Crippen molar-refractivity contribution in [2.45, 2.75) is 18.6 Å². The molecule has 1 unspecified atom stereocenters. The number of nitrogen functional groups attached to an aromatic ring is 1. The third kappa shape index (κ3) is 3.09. The SMILES string of the molecule is NNC(Cc1cccc(C(F)(F)F)c1)c1cn[nH]c1N. The van der Waals surface area contributed by atoms with Gasteiger partial charge in [-0.2, -0.15) is 18.3 Å². The maximum absolute atomic E-state index is 12.6. The highest BCUT2D eigenvalue weighted by atomic mass is 19.4. The van der Waals surface area contributed by atoms with Gasteiger partial charge in [0.25, 0.3) is 0 Å². The van der Waals surface area contributed by atoms with Gasteiger partial charge < -0.3 is 5.73 Å². The standard InChI is InChI=1S/C12H14F3N5/c13-12(14,15)8-3-1-2-7(4-8)5-10(19-17)9-6-18-20-11(9)16/h1-4,6,10,19H,5,17H2,(H3,16,18,20). The second kappa shape index (κ2) is 5.51. The van der Waals surface area contributed by atoms with E-state index in [0.29, 0.717) is 16.9 Å². The van der Waals surface area contributed by atoms with Gasteiger partial charge >= 0.3 is 6.18 Å². The van der Waals surface area contributed by atoms with Crippen molar-refractivity contribution in [2.24, 2.45) is 5.84 Å². The lowest BCUT2D eigenvalue weighted by Gasteiger charge is -2.16. The zero-order valence-corrected chi connectivity index (χ0v) is 10.4. The molecule has 8 heteroatoms. The molecule has 0 aliphatic rings. The summed E-state index contributed by atoms with van der Waals surface area (Å²) in [6, 6.07) is 4.68. The highest BCUT2D eigenvalue weighted by molar-refractivity contribution is 5.40. The van der Waals surface area contributed by atoms with Gasteiger partial charge in [-0.1, -0.05) is 18.2 Å². The number of benzene rings is 1. The molecule has 0 amide bonds. The van der Waals surface area contributed by atoms with Crippen LogP contribution in [-0.2, 0) is 12.6 Å². The molecule has 6 N–H and O–H groups in total. The van der Waals surface area contributed by atoms with E-state index in [1.807, 2.05) is 0 Å². The Morgan fingerprint density at radius 2 is 2.10 bits per heavy atom. The van der Waals surface area contributed by atoms with Crippen LogP contribution in [0.4, 0.5) is 19.0 Å². The Kier molecular flexibility index (Phi) is 3.96. The number of hydrogen-bond donors (Lipinski definition) is 4. The molecular formula is C12H14F3N5. The molecule has 0 saturated carbocycles. The topological polar surface area (TPSA) is 92.7 Å². The van der Waals surface area contributed by atoms with Crippen molar-refractivity contribution in [1.82, 2.24) is 15.6 Å². The Morgan fingerprint density at radius 3 is 2.65 bits per heavy atom. The molecule has 2 rings (SSSR count). The van der Waals surface area contributed by atoms with Gasteiger partial charge in [-0.25, -0.2) is 0 Å². The molecule has 1 aromatic carbocycles. The first-order valence-corrected chi connectivity index (χ1v) is 5.83. The van der Waals surface area contributed by atoms with Crippen molar-refractivity contribution < 1.29 is 13.2 Å². The lowest BCUT2D eigenvalue weighted by molar-refractivity contribution is -0.137. The number of nitrogens with two attached hydrogens (primary N) is 2. The molecule has 0 bridgehead atoms. The van der Waals surface area contributed by atoms with Crippen molar-refractivity contribution in [3.63, 3.8) is 0 Å². The number of H-pyrrole nitrogens is 1. The number of anilines is 1. The molecule has 20 heavy (non-hydrogen) atoms. The fourth-order valence-electron chi connectivity index (χ4n) is 1.95. The van der Waals surface area contributed by atoms with E-state index in [1.54, 1.807) is 6.07 Å². The molecule has 1 aromatic heterocycles. The average Bonchev–Trinajstić information content (AvgIpc) is 2.81. The zero-order valence-electron chi connectivity index (χ0n) is 10.4. The Labute approximate surface area is 113 Å².